The number of carboxylic acid groups (broad SMARTS) is 1. The number of anilines is 1. The first-order chi connectivity index (χ1) is 9.31. The third kappa shape index (κ3) is 4.05. The Bertz CT molecular complexity index is 584. The van der Waals surface area contributed by atoms with Gasteiger partial charge in [0.1, 0.15) is 0 Å². The topological polar surface area (TPSA) is 139 Å². The number of rotatable bonds is 5. The number of aromatic carboxylic acids is 1. The van der Waals surface area contributed by atoms with Gasteiger partial charge in [-0.2, -0.15) is 0 Å². The highest BCUT2D eigenvalue weighted by Crippen LogP contribution is 2.22. The molecule has 0 aliphatic carbocycles. The van der Waals surface area contributed by atoms with Crippen molar-refractivity contribution in [1.29, 1.82) is 0 Å². The van der Waals surface area contributed by atoms with Gasteiger partial charge in [-0.15, -0.1) is 0 Å². The predicted molar refractivity (Wildman–Crippen MR) is 67.4 cm³/mol. The Labute approximate surface area is 112 Å². The first-order valence-electron chi connectivity index (χ1n) is 5.37. The molecule has 0 heterocycles. The molecule has 1 aromatic rings. The molecule has 106 valence electrons. The average molecular weight is 281 g/mol. The van der Waals surface area contributed by atoms with Crippen LogP contribution in [0.5, 0.6) is 0 Å². The molecule has 3 N–H and O–H groups in total. The molecule has 0 saturated heterocycles. The van der Waals surface area contributed by atoms with Crippen molar-refractivity contribution in [2.75, 3.05) is 11.9 Å². The van der Waals surface area contributed by atoms with Crippen LogP contribution >= 0.6 is 0 Å². The van der Waals surface area contributed by atoms with Gasteiger partial charge in [0.15, 0.2) is 0 Å². The van der Waals surface area contributed by atoms with E-state index in [1.807, 2.05) is 0 Å². The Morgan fingerprint density at radius 1 is 1.35 bits per heavy atom. The summed E-state index contributed by atoms with van der Waals surface area (Å²) in [5.41, 5.74) is -0.893. The molecule has 0 spiro atoms. The normalized spacial score (nSPS) is 9.65. The number of nitro benzene ring substituents is 1. The third-order valence-electron chi connectivity index (χ3n) is 2.22. The number of nitrogens with zero attached hydrogens (tertiary/aromatic N) is 1. The maximum Gasteiger partial charge on any atom is 0.338 e. The summed E-state index contributed by atoms with van der Waals surface area (Å²) < 4.78 is 0. The van der Waals surface area contributed by atoms with E-state index in [4.69, 9.17) is 5.11 Å². The first kappa shape index (κ1) is 15.1. The second-order valence-electron chi connectivity index (χ2n) is 3.75. The van der Waals surface area contributed by atoms with E-state index in [-0.39, 0.29) is 12.2 Å². The van der Waals surface area contributed by atoms with Crippen LogP contribution in [0.25, 0.3) is 0 Å². The number of non-ortho nitro benzene ring substituents is 1. The summed E-state index contributed by atoms with van der Waals surface area (Å²) in [6.45, 7) is 0.896. The third-order valence-corrected chi connectivity index (χ3v) is 2.22. The highest BCUT2D eigenvalue weighted by molar-refractivity contribution is 6.02. The van der Waals surface area contributed by atoms with Gasteiger partial charge in [-0.1, -0.05) is 0 Å². The zero-order chi connectivity index (χ0) is 15.3. The highest BCUT2D eigenvalue weighted by atomic mass is 16.6. The Kier molecular flexibility index (Phi) is 4.73. The minimum Gasteiger partial charge on any atom is -0.478 e. The lowest BCUT2D eigenvalue weighted by molar-refractivity contribution is -0.384. The van der Waals surface area contributed by atoms with E-state index in [9.17, 15) is 24.5 Å². The quantitative estimate of drug-likeness (QED) is 0.526. The van der Waals surface area contributed by atoms with Gasteiger partial charge in [-0.3, -0.25) is 19.7 Å². The second kappa shape index (κ2) is 6.27. The van der Waals surface area contributed by atoms with Crippen molar-refractivity contribution in [1.82, 2.24) is 5.32 Å². The summed E-state index contributed by atoms with van der Waals surface area (Å²) in [6, 6.07) is 3.03. The second-order valence-corrected chi connectivity index (χ2v) is 3.75. The smallest absolute Gasteiger partial charge is 0.338 e. The molecule has 0 fully saturated rings. The number of nitrogens with one attached hydrogen (secondary N) is 2. The van der Waals surface area contributed by atoms with Crippen LogP contribution in [0, 0.1) is 10.1 Å². The average Bonchev–Trinajstić information content (AvgIpc) is 2.36. The Morgan fingerprint density at radius 3 is 2.50 bits per heavy atom. The Morgan fingerprint density at radius 2 is 2.00 bits per heavy atom. The van der Waals surface area contributed by atoms with Gasteiger partial charge in [-0.25, -0.2) is 4.79 Å². The molecule has 0 aromatic heterocycles. The van der Waals surface area contributed by atoms with Crippen molar-refractivity contribution in [2.24, 2.45) is 0 Å². The van der Waals surface area contributed by atoms with E-state index in [0.29, 0.717) is 0 Å². The molecular weight excluding hydrogens is 270 g/mol. The summed E-state index contributed by atoms with van der Waals surface area (Å²) in [5.74, 6) is -2.47. The molecule has 1 aromatic carbocycles. The fourth-order valence-corrected chi connectivity index (χ4v) is 1.33. The highest BCUT2D eigenvalue weighted by Gasteiger charge is 2.17. The molecule has 0 atom stereocenters. The minimum atomic E-state index is -1.41. The van der Waals surface area contributed by atoms with Crippen molar-refractivity contribution >= 4 is 29.2 Å². The lowest BCUT2D eigenvalue weighted by atomic mass is 10.1. The maximum atomic E-state index is 11.5. The number of benzene rings is 1. The molecule has 20 heavy (non-hydrogen) atoms. The standard InChI is InChI=1S/C11H11N3O6/c1-6(15)12-5-10(16)13-9-3-2-7(14(19)20)4-8(9)11(17)18/h2-4H,5H2,1H3,(H,12,15)(H,13,16)(H,17,18). The lowest BCUT2D eigenvalue weighted by Gasteiger charge is -2.08. The van der Waals surface area contributed by atoms with Crippen LogP contribution in [0.1, 0.15) is 17.3 Å². The van der Waals surface area contributed by atoms with E-state index in [2.05, 4.69) is 10.6 Å². The summed E-state index contributed by atoms with van der Waals surface area (Å²) in [6.07, 6.45) is 0. The van der Waals surface area contributed by atoms with E-state index < -0.39 is 34.0 Å². The number of hydrogen-bond acceptors (Lipinski definition) is 5. The van der Waals surface area contributed by atoms with Crippen LogP contribution < -0.4 is 10.6 Å². The van der Waals surface area contributed by atoms with Gasteiger partial charge in [0, 0.05) is 19.1 Å². The number of hydrogen-bond donors (Lipinski definition) is 3. The molecule has 0 unspecified atom stereocenters. The van der Waals surface area contributed by atoms with E-state index in [0.717, 1.165) is 18.2 Å². The largest absolute Gasteiger partial charge is 0.478 e. The monoisotopic (exact) mass is 281 g/mol. The lowest BCUT2D eigenvalue weighted by Crippen LogP contribution is -2.31. The number of carbonyl (C=O) groups excluding carboxylic acids is 2. The van der Waals surface area contributed by atoms with Crippen molar-refractivity contribution in [2.45, 2.75) is 6.92 Å². The maximum absolute atomic E-state index is 11.5. The minimum absolute atomic E-state index is 0.0848. The Hall–Kier alpha value is -2.97. The number of carboxylic acids is 1. The summed E-state index contributed by atoms with van der Waals surface area (Å²) in [4.78, 5) is 42.9. The van der Waals surface area contributed by atoms with Crippen LogP contribution in [-0.4, -0.2) is 34.4 Å². The van der Waals surface area contributed by atoms with Crippen molar-refractivity contribution < 1.29 is 24.4 Å². The van der Waals surface area contributed by atoms with Gasteiger partial charge in [0.25, 0.3) is 5.69 Å². The molecule has 0 radical (unpaired) electrons. The zero-order valence-corrected chi connectivity index (χ0v) is 10.4. The van der Waals surface area contributed by atoms with Crippen LogP contribution in [-0.2, 0) is 9.59 Å². The van der Waals surface area contributed by atoms with Crippen LogP contribution in [0.2, 0.25) is 0 Å². The molecule has 1 rings (SSSR count). The van der Waals surface area contributed by atoms with Crippen LogP contribution in [0.15, 0.2) is 18.2 Å². The van der Waals surface area contributed by atoms with Gasteiger partial charge in [0.05, 0.1) is 22.7 Å². The Balaban J connectivity index is 2.94. The van der Waals surface area contributed by atoms with E-state index in [1.54, 1.807) is 0 Å². The summed E-state index contributed by atoms with van der Waals surface area (Å²) in [7, 11) is 0. The van der Waals surface area contributed by atoms with Crippen LogP contribution in [0.3, 0.4) is 0 Å². The molecular formula is C11H11N3O6. The van der Waals surface area contributed by atoms with Gasteiger partial charge in [-0.05, 0) is 6.07 Å². The van der Waals surface area contributed by atoms with Crippen LogP contribution in [0.4, 0.5) is 11.4 Å². The molecule has 0 bridgehead atoms. The molecule has 9 nitrogen and oxygen atoms in total. The zero-order valence-electron chi connectivity index (χ0n) is 10.4. The predicted octanol–water partition coefficient (Wildman–Crippen LogP) is 0.368. The molecule has 9 heteroatoms. The molecule has 0 aliphatic rings. The number of amides is 2. The number of carbonyl (C=O) groups is 3. The SMILES string of the molecule is CC(=O)NCC(=O)Nc1ccc([N+](=O)[O-])cc1C(=O)O. The molecule has 0 aliphatic heterocycles. The van der Waals surface area contributed by atoms with E-state index in [1.165, 1.54) is 6.92 Å². The molecule has 0 saturated carbocycles. The fraction of sp³-hybridized carbons (Fsp3) is 0.182. The van der Waals surface area contributed by atoms with E-state index >= 15 is 0 Å². The fourth-order valence-electron chi connectivity index (χ4n) is 1.33. The summed E-state index contributed by atoms with van der Waals surface area (Å²) in [5, 5.41) is 24.0. The first-order valence-corrected chi connectivity index (χ1v) is 5.37. The van der Waals surface area contributed by atoms with Crippen molar-refractivity contribution in [3.8, 4) is 0 Å². The van der Waals surface area contributed by atoms with Gasteiger partial charge < -0.3 is 15.7 Å². The summed E-state index contributed by atoms with van der Waals surface area (Å²) >= 11 is 0. The number of nitro groups is 1. The van der Waals surface area contributed by atoms with Crippen molar-refractivity contribution in [3.63, 3.8) is 0 Å². The van der Waals surface area contributed by atoms with Gasteiger partial charge >= 0.3 is 5.97 Å². The molecule has 2 amide bonds. The van der Waals surface area contributed by atoms with Crippen molar-refractivity contribution in [3.05, 3.63) is 33.9 Å². The van der Waals surface area contributed by atoms with Gasteiger partial charge in [0.2, 0.25) is 11.8 Å².